The smallest absolute Gasteiger partial charge is 0.356 e. The van der Waals surface area contributed by atoms with Gasteiger partial charge in [-0.3, -0.25) is 4.99 Å². The minimum atomic E-state index is -4.32. The fourth-order valence-corrected chi connectivity index (χ4v) is 2.37. The molecule has 0 saturated heterocycles. The first-order chi connectivity index (χ1) is 10.4. The third-order valence-electron chi connectivity index (χ3n) is 3.58. The van der Waals surface area contributed by atoms with E-state index in [2.05, 4.69) is 15.6 Å². The van der Waals surface area contributed by atoms with Crippen molar-refractivity contribution in [1.82, 2.24) is 15.5 Å². The van der Waals surface area contributed by atoms with Crippen LogP contribution in [0.15, 0.2) is 29.3 Å². The average molecular weight is 442 g/mol. The van der Waals surface area contributed by atoms with Crippen molar-refractivity contribution in [2.75, 3.05) is 33.7 Å². The van der Waals surface area contributed by atoms with E-state index < -0.39 is 11.7 Å². The molecule has 0 aromatic heterocycles. The molecule has 0 radical (unpaired) electrons. The summed E-state index contributed by atoms with van der Waals surface area (Å²) in [4.78, 5) is 6.20. The van der Waals surface area contributed by atoms with Crippen LogP contribution in [0, 0.1) is 0 Å². The van der Waals surface area contributed by atoms with Crippen LogP contribution in [0.1, 0.15) is 23.6 Å². The summed E-state index contributed by atoms with van der Waals surface area (Å²) < 4.78 is 38.6. The van der Waals surface area contributed by atoms with Crippen LogP contribution in [0.5, 0.6) is 0 Å². The number of nitrogens with zero attached hydrogens (tertiary/aromatic N) is 2. The van der Waals surface area contributed by atoms with E-state index in [1.807, 2.05) is 19.0 Å². The molecule has 0 saturated carbocycles. The lowest BCUT2D eigenvalue weighted by Gasteiger charge is -2.27. The lowest BCUT2D eigenvalue weighted by molar-refractivity contribution is -0.137. The van der Waals surface area contributed by atoms with Crippen LogP contribution in [0.3, 0.4) is 0 Å². The number of guanidine groups is 1. The monoisotopic (exact) mass is 442 g/mol. The van der Waals surface area contributed by atoms with Crippen molar-refractivity contribution in [3.63, 3.8) is 0 Å². The van der Waals surface area contributed by atoms with Crippen molar-refractivity contribution in [2.45, 2.75) is 18.6 Å². The molecule has 1 unspecified atom stereocenters. The summed E-state index contributed by atoms with van der Waals surface area (Å²) in [5, 5.41) is 6.32. The van der Waals surface area contributed by atoms with Crippen molar-refractivity contribution in [3.8, 4) is 0 Å². The highest BCUT2D eigenvalue weighted by atomic mass is 127. The molecular formula is C15H22F3IN4. The largest absolute Gasteiger partial charge is 0.416 e. The summed E-state index contributed by atoms with van der Waals surface area (Å²) in [6.07, 6.45) is -3.33. The standard InChI is InChI=1S/C15H21F3N4.HI/c1-22(2)13(10-21-14-19-7-4-8-20-14)11-5-3-6-12(9-11)15(16,17)18;/h3,5-6,9,13H,4,7-8,10H2,1-2H3,(H2,19,20,21);1H. The molecule has 1 atom stereocenters. The molecule has 0 amide bonds. The number of hydrogen-bond donors (Lipinski definition) is 2. The van der Waals surface area contributed by atoms with E-state index in [1.165, 1.54) is 12.1 Å². The van der Waals surface area contributed by atoms with Crippen LogP contribution in [0.2, 0.25) is 0 Å². The van der Waals surface area contributed by atoms with Crippen molar-refractivity contribution in [3.05, 3.63) is 35.4 Å². The SMILES string of the molecule is CN(C)C(CNC1=NCCCN1)c1cccc(C(F)(F)F)c1.I. The van der Waals surface area contributed by atoms with Crippen LogP contribution >= 0.6 is 24.0 Å². The minimum Gasteiger partial charge on any atom is -0.356 e. The van der Waals surface area contributed by atoms with E-state index in [-0.39, 0.29) is 30.0 Å². The number of aliphatic imine (C=N–C) groups is 1. The summed E-state index contributed by atoms with van der Waals surface area (Å²) in [5.74, 6) is 0.713. The maximum absolute atomic E-state index is 12.9. The maximum atomic E-state index is 12.9. The summed E-state index contributed by atoms with van der Waals surface area (Å²) in [5.41, 5.74) is 0.00807. The Morgan fingerprint density at radius 1 is 1.35 bits per heavy atom. The van der Waals surface area contributed by atoms with E-state index in [1.54, 1.807) is 6.07 Å². The highest BCUT2D eigenvalue weighted by Gasteiger charge is 2.31. The molecule has 130 valence electrons. The molecule has 8 heteroatoms. The normalized spacial score (nSPS) is 16.2. The van der Waals surface area contributed by atoms with Crippen LogP contribution in [0.25, 0.3) is 0 Å². The van der Waals surface area contributed by atoms with Crippen molar-refractivity contribution in [2.24, 2.45) is 4.99 Å². The van der Waals surface area contributed by atoms with Gasteiger partial charge >= 0.3 is 6.18 Å². The quantitative estimate of drug-likeness (QED) is 0.705. The van der Waals surface area contributed by atoms with E-state index in [0.29, 0.717) is 18.1 Å². The number of alkyl halides is 3. The second-order valence-electron chi connectivity index (χ2n) is 5.49. The number of hydrogen-bond acceptors (Lipinski definition) is 4. The lowest BCUT2D eigenvalue weighted by atomic mass is 10.0. The molecule has 23 heavy (non-hydrogen) atoms. The molecule has 0 spiro atoms. The van der Waals surface area contributed by atoms with Crippen LogP contribution in [0.4, 0.5) is 13.2 Å². The van der Waals surface area contributed by atoms with Crippen molar-refractivity contribution < 1.29 is 13.2 Å². The minimum absolute atomic E-state index is 0. The van der Waals surface area contributed by atoms with Gasteiger partial charge in [0.05, 0.1) is 11.6 Å². The Labute approximate surface area is 151 Å². The molecule has 0 aliphatic carbocycles. The van der Waals surface area contributed by atoms with Gasteiger partial charge in [-0.15, -0.1) is 24.0 Å². The Kier molecular flexibility index (Phi) is 7.59. The van der Waals surface area contributed by atoms with Crippen LogP contribution in [-0.4, -0.2) is 44.6 Å². The van der Waals surface area contributed by atoms with Crippen LogP contribution in [-0.2, 0) is 6.18 Å². The Bertz CT molecular complexity index is 532. The molecule has 1 aromatic rings. The first kappa shape index (κ1) is 20.0. The first-order valence-corrected chi connectivity index (χ1v) is 7.23. The lowest BCUT2D eigenvalue weighted by Crippen LogP contribution is -2.44. The summed E-state index contributed by atoms with van der Waals surface area (Å²) >= 11 is 0. The molecule has 0 bridgehead atoms. The van der Waals surface area contributed by atoms with Crippen molar-refractivity contribution in [1.29, 1.82) is 0 Å². The molecule has 2 N–H and O–H groups in total. The van der Waals surface area contributed by atoms with Gasteiger partial charge in [-0.05, 0) is 38.2 Å². The van der Waals surface area contributed by atoms with Gasteiger partial charge in [0.25, 0.3) is 0 Å². The molecule has 1 aliphatic heterocycles. The zero-order chi connectivity index (χ0) is 16.2. The molecule has 0 fully saturated rings. The third kappa shape index (κ3) is 5.83. The number of benzene rings is 1. The maximum Gasteiger partial charge on any atom is 0.416 e. The molecule has 4 nitrogen and oxygen atoms in total. The van der Waals surface area contributed by atoms with E-state index in [0.717, 1.165) is 25.6 Å². The summed E-state index contributed by atoms with van der Waals surface area (Å²) in [7, 11) is 3.70. The highest BCUT2D eigenvalue weighted by Crippen LogP contribution is 2.31. The fraction of sp³-hybridized carbons (Fsp3) is 0.533. The zero-order valence-corrected chi connectivity index (χ0v) is 15.5. The number of likely N-dealkylation sites (N-methyl/N-ethyl adjacent to an activating group) is 1. The topological polar surface area (TPSA) is 39.7 Å². The number of nitrogens with one attached hydrogen (secondary N) is 2. The predicted octanol–water partition coefficient (Wildman–Crippen LogP) is 2.87. The fourth-order valence-electron chi connectivity index (χ4n) is 2.37. The first-order valence-electron chi connectivity index (χ1n) is 7.23. The van der Waals surface area contributed by atoms with Gasteiger partial charge in [0.15, 0.2) is 5.96 Å². The van der Waals surface area contributed by atoms with Gasteiger partial charge in [0, 0.05) is 19.6 Å². The molecule has 2 rings (SSSR count). The number of halogens is 4. The number of rotatable bonds is 4. The Balaban J connectivity index is 0.00000264. The van der Waals surface area contributed by atoms with Crippen LogP contribution < -0.4 is 10.6 Å². The van der Waals surface area contributed by atoms with Gasteiger partial charge < -0.3 is 15.5 Å². The molecule has 1 aliphatic rings. The van der Waals surface area contributed by atoms with Gasteiger partial charge in [-0.1, -0.05) is 12.1 Å². The average Bonchev–Trinajstić information content (AvgIpc) is 2.48. The molecule has 1 heterocycles. The molecular weight excluding hydrogens is 420 g/mol. The Morgan fingerprint density at radius 2 is 2.09 bits per heavy atom. The predicted molar refractivity (Wildman–Crippen MR) is 96.2 cm³/mol. The van der Waals surface area contributed by atoms with Gasteiger partial charge in [-0.25, -0.2) is 0 Å². The second-order valence-corrected chi connectivity index (χ2v) is 5.49. The van der Waals surface area contributed by atoms with Gasteiger partial charge in [0.2, 0.25) is 0 Å². The van der Waals surface area contributed by atoms with E-state index in [9.17, 15) is 13.2 Å². The Morgan fingerprint density at radius 3 is 2.65 bits per heavy atom. The summed E-state index contributed by atoms with van der Waals surface area (Å²) in [6.45, 7) is 2.12. The van der Waals surface area contributed by atoms with E-state index in [4.69, 9.17) is 0 Å². The highest BCUT2D eigenvalue weighted by molar-refractivity contribution is 14.0. The van der Waals surface area contributed by atoms with E-state index >= 15 is 0 Å². The molecule has 1 aromatic carbocycles. The van der Waals surface area contributed by atoms with Gasteiger partial charge in [0.1, 0.15) is 0 Å². The zero-order valence-electron chi connectivity index (χ0n) is 13.2. The Hall–Kier alpha value is -1.03. The van der Waals surface area contributed by atoms with Gasteiger partial charge in [-0.2, -0.15) is 13.2 Å². The third-order valence-corrected chi connectivity index (χ3v) is 3.58. The second kappa shape index (κ2) is 8.72. The summed E-state index contributed by atoms with van der Waals surface area (Å²) in [6, 6.07) is 5.30. The van der Waals surface area contributed by atoms with Crippen molar-refractivity contribution >= 4 is 29.9 Å².